The van der Waals surface area contributed by atoms with Gasteiger partial charge in [-0.3, -0.25) is 0 Å². The molecule has 1 aliphatic rings. The summed E-state index contributed by atoms with van der Waals surface area (Å²) < 4.78 is 0. The third-order valence-electron chi connectivity index (χ3n) is 4.92. The predicted molar refractivity (Wildman–Crippen MR) is 135 cm³/mol. The molecule has 3 heterocycles. The number of hydrogen-bond donors (Lipinski definition) is 2. The second kappa shape index (κ2) is 12.9. The van der Waals surface area contributed by atoms with E-state index < -0.39 is 0 Å². The molecule has 2 aromatic rings. The van der Waals surface area contributed by atoms with Crippen molar-refractivity contribution in [1.29, 1.82) is 0 Å². The van der Waals surface area contributed by atoms with Crippen LogP contribution in [-0.2, 0) is 13.0 Å². The first-order valence-corrected chi connectivity index (χ1v) is 10.5. The number of hydrogen-bond acceptors (Lipinski definition) is 5. The lowest BCUT2D eigenvalue weighted by molar-refractivity contribution is 0.312. The zero-order valence-corrected chi connectivity index (χ0v) is 20.7. The fraction of sp³-hybridized carbons (Fsp3) is 0.476. The number of pyridine rings is 2. The van der Waals surface area contributed by atoms with Gasteiger partial charge < -0.3 is 20.4 Å². The quantitative estimate of drug-likeness (QED) is 0.242. The van der Waals surface area contributed by atoms with Crippen molar-refractivity contribution in [1.82, 2.24) is 25.5 Å². The highest BCUT2D eigenvalue weighted by molar-refractivity contribution is 14.0. The van der Waals surface area contributed by atoms with E-state index in [9.17, 15) is 0 Å². The summed E-state index contributed by atoms with van der Waals surface area (Å²) in [5.41, 5.74) is 2.29. The Morgan fingerprint density at radius 2 is 1.93 bits per heavy atom. The maximum atomic E-state index is 5.85. The fourth-order valence-corrected chi connectivity index (χ4v) is 3.35. The third-order valence-corrected chi connectivity index (χ3v) is 5.14. The Kier molecular flexibility index (Phi) is 10.6. The summed E-state index contributed by atoms with van der Waals surface area (Å²) in [6, 6.07) is 7.92. The number of rotatable bonds is 7. The van der Waals surface area contributed by atoms with Crippen molar-refractivity contribution in [2.45, 2.75) is 19.9 Å². The van der Waals surface area contributed by atoms with E-state index in [0.29, 0.717) is 11.7 Å². The Labute approximate surface area is 201 Å². The number of aromatic nitrogens is 2. The number of piperazine rings is 1. The molecule has 0 radical (unpaired) electrons. The van der Waals surface area contributed by atoms with E-state index in [1.54, 1.807) is 0 Å². The van der Waals surface area contributed by atoms with E-state index in [1.807, 2.05) is 30.6 Å². The average molecular weight is 544 g/mol. The van der Waals surface area contributed by atoms with Gasteiger partial charge in [0.15, 0.2) is 5.96 Å². The van der Waals surface area contributed by atoms with Crippen LogP contribution in [0, 0.1) is 0 Å². The minimum atomic E-state index is 0. The number of aliphatic imine (C=N–C) groups is 1. The normalized spacial score (nSPS) is 14.9. The molecular formula is C21H31ClIN7. The molecule has 30 heavy (non-hydrogen) atoms. The lowest BCUT2D eigenvalue weighted by atomic mass is 10.2. The van der Waals surface area contributed by atoms with Gasteiger partial charge in [-0.1, -0.05) is 23.7 Å². The third kappa shape index (κ3) is 7.55. The first-order chi connectivity index (χ1) is 14.2. The smallest absolute Gasteiger partial charge is 0.191 e. The van der Waals surface area contributed by atoms with Crippen molar-refractivity contribution < 1.29 is 0 Å². The second-order valence-corrected chi connectivity index (χ2v) is 7.52. The Bertz CT molecular complexity index is 792. The summed E-state index contributed by atoms with van der Waals surface area (Å²) in [6.07, 6.45) is 4.53. The van der Waals surface area contributed by atoms with E-state index in [-0.39, 0.29) is 24.0 Å². The van der Waals surface area contributed by atoms with Crippen molar-refractivity contribution >= 4 is 47.4 Å². The highest BCUT2D eigenvalue weighted by Gasteiger charge is 2.17. The molecule has 0 atom stereocenters. The van der Waals surface area contributed by atoms with Gasteiger partial charge in [0.25, 0.3) is 0 Å². The maximum Gasteiger partial charge on any atom is 0.191 e. The molecule has 7 nitrogen and oxygen atoms in total. The summed E-state index contributed by atoms with van der Waals surface area (Å²) in [4.78, 5) is 18.3. The summed E-state index contributed by atoms with van der Waals surface area (Å²) >= 11 is 5.85. The van der Waals surface area contributed by atoms with Crippen LogP contribution in [0.4, 0.5) is 5.82 Å². The van der Waals surface area contributed by atoms with E-state index in [1.165, 1.54) is 0 Å². The fourth-order valence-electron chi connectivity index (χ4n) is 3.24. The SMILES string of the molecule is CCNC(=NCc1cccnc1N1CCN(C)CC1)NCCc1ccc(Cl)nc1.I. The lowest BCUT2D eigenvalue weighted by Gasteiger charge is -2.34. The molecule has 0 aliphatic carbocycles. The number of guanidine groups is 1. The maximum absolute atomic E-state index is 5.85. The van der Waals surface area contributed by atoms with Crippen molar-refractivity contribution in [3.63, 3.8) is 0 Å². The lowest BCUT2D eigenvalue weighted by Crippen LogP contribution is -2.45. The van der Waals surface area contributed by atoms with Gasteiger partial charge in [-0.05, 0) is 38.1 Å². The van der Waals surface area contributed by atoms with Crippen molar-refractivity contribution in [2.75, 3.05) is 51.2 Å². The van der Waals surface area contributed by atoms with Gasteiger partial charge in [0.1, 0.15) is 11.0 Å². The molecule has 1 aliphatic heterocycles. The molecule has 0 unspecified atom stereocenters. The molecule has 0 saturated carbocycles. The van der Waals surface area contributed by atoms with Crippen LogP contribution in [0.5, 0.6) is 0 Å². The van der Waals surface area contributed by atoms with Gasteiger partial charge >= 0.3 is 0 Å². The van der Waals surface area contributed by atoms with Crippen LogP contribution >= 0.6 is 35.6 Å². The van der Waals surface area contributed by atoms with Crippen LogP contribution in [-0.4, -0.2) is 67.1 Å². The Morgan fingerprint density at radius 3 is 2.63 bits per heavy atom. The van der Waals surface area contributed by atoms with Crippen LogP contribution in [0.1, 0.15) is 18.1 Å². The standard InChI is InChI=1S/C21H30ClN7.HI/c1-3-23-21(25-10-8-17-6-7-19(22)26-15-17)27-16-18-5-4-9-24-20(18)29-13-11-28(2)12-14-29;/h4-7,9,15H,3,8,10-14,16H2,1-2H3,(H2,23,25,27);1H. The van der Waals surface area contributed by atoms with Crippen LogP contribution < -0.4 is 15.5 Å². The number of nitrogens with one attached hydrogen (secondary N) is 2. The van der Waals surface area contributed by atoms with E-state index in [0.717, 1.165) is 68.6 Å². The zero-order chi connectivity index (χ0) is 20.5. The van der Waals surface area contributed by atoms with Crippen molar-refractivity contribution in [3.8, 4) is 0 Å². The first kappa shape index (κ1) is 24.6. The minimum absolute atomic E-state index is 0. The number of halogens is 2. The van der Waals surface area contributed by atoms with E-state index in [2.05, 4.69) is 50.4 Å². The molecule has 0 bridgehead atoms. The van der Waals surface area contributed by atoms with Gasteiger partial charge in [-0.25, -0.2) is 15.0 Å². The summed E-state index contributed by atoms with van der Waals surface area (Å²) in [5.74, 6) is 1.86. The molecule has 0 amide bonds. The van der Waals surface area contributed by atoms with Crippen LogP contribution in [0.15, 0.2) is 41.7 Å². The number of nitrogens with zero attached hydrogens (tertiary/aromatic N) is 5. The summed E-state index contributed by atoms with van der Waals surface area (Å²) in [5, 5.41) is 7.23. The molecule has 3 rings (SSSR count). The van der Waals surface area contributed by atoms with E-state index >= 15 is 0 Å². The highest BCUT2D eigenvalue weighted by Crippen LogP contribution is 2.19. The number of anilines is 1. The van der Waals surface area contributed by atoms with Crippen molar-refractivity contribution in [2.24, 2.45) is 4.99 Å². The topological polar surface area (TPSA) is 68.7 Å². The Balaban J connectivity index is 0.00000320. The number of likely N-dealkylation sites (N-methyl/N-ethyl adjacent to an activating group) is 1. The zero-order valence-electron chi connectivity index (χ0n) is 17.6. The largest absolute Gasteiger partial charge is 0.357 e. The predicted octanol–water partition coefficient (Wildman–Crippen LogP) is 2.80. The van der Waals surface area contributed by atoms with Crippen molar-refractivity contribution in [3.05, 3.63) is 52.9 Å². The molecule has 1 fully saturated rings. The van der Waals surface area contributed by atoms with Gasteiger partial charge in [-0.2, -0.15) is 0 Å². The molecule has 0 spiro atoms. The van der Waals surface area contributed by atoms with Gasteiger partial charge in [-0.15, -0.1) is 24.0 Å². The van der Waals surface area contributed by atoms with Gasteiger partial charge in [0, 0.05) is 57.2 Å². The summed E-state index contributed by atoms with van der Waals surface area (Å²) in [7, 11) is 2.16. The molecule has 0 aromatic carbocycles. The average Bonchev–Trinajstić information content (AvgIpc) is 2.74. The summed E-state index contributed by atoms with van der Waals surface area (Å²) in [6.45, 7) is 8.36. The van der Waals surface area contributed by atoms with Crippen LogP contribution in [0.3, 0.4) is 0 Å². The molecule has 2 aromatic heterocycles. The molecule has 9 heteroatoms. The monoisotopic (exact) mass is 543 g/mol. The Morgan fingerprint density at radius 1 is 1.13 bits per heavy atom. The Hall–Kier alpha value is -1.65. The van der Waals surface area contributed by atoms with Gasteiger partial charge in [0.05, 0.1) is 6.54 Å². The van der Waals surface area contributed by atoms with Crippen LogP contribution in [0.2, 0.25) is 5.15 Å². The molecule has 164 valence electrons. The minimum Gasteiger partial charge on any atom is -0.357 e. The van der Waals surface area contributed by atoms with Gasteiger partial charge in [0.2, 0.25) is 0 Å². The molecular weight excluding hydrogens is 513 g/mol. The van der Waals surface area contributed by atoms with Crippen LogP contribution in [0.25, 0.3) is 0 Å². The molecule has 1 saturated heterocycles. The van der Waals surface area contributed by atoms with E-state index in [4.69, 9.17) is 16.6 Å². The highest BCUT2D eigenvalue weighted by atomic mass is 127. The second-order valence-electron chi connectivity index (χ2n) is 7.14. The first-order valence-electron chi connectivity index (χ1n) is 10.2. The molecule has 2 N–H and O–H groups in total.